The van der Waals surface area contributed by atoms with Gasteiger partial charge in [0.2, 0.25) is 0 Å². The number of nitrogens with two attached hydrogens (primary N) is 1. The van der Waals surface area contributed by atoms with Gasteiger partial charge in [-0.1, -0.05) is 0 Å². The first-order valence-corrected chi connectivity index (χ1v) is 6.05. The van der Waals surface area contributed by atoms with Gasteiger partial charge in [-0.15, -0.1) is 0 Å². The van der Waals surface area contributed by atoms with Crippen molar-refractivity contribution in [2.24, 2.45) is 7.05 Å². The molecular formula is C14H15N5. The predicted molar refractivity (Wildman–Crippen MR) is 77.4 cm³/mol. The number of aryl methyl sites for hydroxylation is 2. The molecule has 0 aliphatic heterocycles. The number of rotatable bonds is 2. The summed E-state index contributed by atoms with van der Waals surface area (Å²) in [6.07, 6.45) is 3.73. The smallest absolute Gasteiger partial charge is 0.0828 e. The first-order chi connectivity index (χ1) is 9.13. The number of nitrogens with zero attached hydrogens (tertiary/aromatic N) is 3. The van der Waals surface area contributed by atoms with Gasteiger partial charge in [-0.3, -0.25) is 9.67 Å². The van der Waals surface area contributed by atoms with Crippen molar-refractivity contribution >= 4 is 28.0 Å². The Kier molecular flexibility index (Phi) is 2.59. The van der Waals surface area contributed by atoms with Crippen LogP contribution in [0.2, 0.25) is 0 Å². The zero-order valence-corrected chi connectivity index (χ0v) is 10.9. The third-order valence-electron chi connectivity index (χ3n) is 3.05. The fourth-order valence-corrected chi connectivity index (χ4v) is 2.14. The van der Waals surface area contributed by atoms with Crippen molar-refractivity contribution < 1.29 is 0 Å². The highest BCUT2D eigenvalue weighted by molar-refractivity contribution is 5.94. The van der Waals surface area contributed by atoms with Crippen LogP contribution in [0.3, 0.4) is 0 Å². The quantitative estimate of drug-likeness (QED) is 0.689. The van der Waals surface area contributed by atoms with Gasteiger partial charge in [-0.25, -0.2) is 0 Å². The number of hydrogen-bond acceptors (Lipinski definition) is 4. The second kappa shape index (κ2) is 4.28. The lowest BCUT2D eigenvalue weighted by Crippen LogP contribution is -1.94. The summed E-state index contributed by atoms with van der Waals surface area (Å²) in [5.74, 6) is 0. The van der Waals surface area contributed by atoms with E-state index < -0.39 is 0 Å². The largest absolute Gasteiger partial charge is 0.399 e. The molecule has 0 bridgehead atoms. The summed E-state index contributed by atoms with van der Waals surface area (Å²) in [4.78, 5) is 4.33. The minimum atomic E-state index is 0.717. The van der Waals surface area contributed by atoms with Crippen molar-refractivity contribution in [3.8, 4) is 0 Å². The number of pyridine rings is 1. The topological polar surface area (TPSA) is 68.8 Å². The minimum Gasteiger partial charge on any atom is -0.399 e. The van der Waals surface area contributed by atoms with Gasteiger partial charge in [0.05, 0.1) is 16.9 Å². The Morgan fingerprint density at radius 3 is 2.79 bits per heavy atom. The van der Waals surface area contributed by atoms with E-state index in [0.29, 0.717) is 0 Å². The van der Waals surface area contributed by atoms with E-state index in [2.05, 4.69) is 15.4 Å². The molecule has 3 aromatic rings. The van der Waals surface area contributed by atoms with Gasteiger partial charge in [0.15, 0.2) is 0 Å². The van der Waals surface area contributed by atoms with Gasteiger partial charge in [-0.05, 0) is 31.2 Å². The molecule has 19 heavy (non-hydrogen) atoms. The van der Waals surface area contributed by atoms with E-state index in [1.807, 2.05) is 44.4 Å². The van der Waals surface area contributed by atoms with E-state index in [1.165, 1.54) is 0 Å². The number of hydrogen-bond donors (Lipinski definition) is 2. The average molecular weight is 253 g/mol. The number of fused-ring (bicyclic) bond motifs is 1. The maximum atomic E-state index is 5.78. The number of nitrogens with one attached hydrogen (secondary N) is 1. The Bertz CT molecular complexity index is 745. The van der Waals surface area contributed by atoms with Crippen molar-refractivity contribution in [2.45, 2.75) is 6.92 Å². The van der Waals surface area contributed by atoms with E-state index in [4.69, 9.17) is 5.73 Å². The molecule has 0 saturated heterocycles. The van der Waals surface area contributed by atoms with Crippen LogP contribution in [0.15, 0.2) is 36.7 Å². The Morgan fingerprint density at radius 1 is 1.21 bits per heavy atom. The van der Waals surface area contributed by atoms with Crippen LogP contribution in [-0.4, -0.2) is 14.8 Å². The first-order valence-electron chi connectivity index (χ1n) is 6.05. The van der Waals surface area contributed by atoms with Crippen LogP contribution in [-0.2, 0) is 7.05 Å². The standard InChI is InChI=1S/C14H15N5/c1-9-14(8-19(2)18-9)17-12-5-6-16-13-7-10(15)3-4-11(12)13/h3-8H,15H2,1-2H3,(H,16,17). The molecule has 5 heteroatoms. The number of aromatic nitrogens is 3. The number of anilines is 3. The molecule has 2 heterocycles. The van der Waals surface area contributed by atoms with Gasteiger partial charge in [0.25, 0.3) is 0 Å². The van der Waals surface area contributed by atoms with E-state index in [-0.39, 0.29) is 0 Å². The highest BCUT2D eigenvalue weighted by Crippen LogP contribution is 2.27. The van der Waals surface area contributed by atoms with Gasteiger partial charge in [0.1, 0.15) is 0 Å². The summed E-state index contributed by atoms with van der Waals surface area (Å²) in [5, 5.41) is 8.75. The monoisotopic (exact) mass is 253 g/mol. The van der Waals surface area contributed by atoms with Crippen molar-refractivity contribution in [3.63, 3.8) is 0 Å². The molecule has 3 rings (SSSR count). The lowest BCUT2D eigenvalue weighted by Gasteiger charge is -2.08. The summed E-state index contributed by atoms with van der Waals surface area (Å²) >= 11 is 0. The zero-order chi connectivity index (χ0) is 13.4. The van der Waals surface area contributed by atoms with Crippen LogP contribution in [0.1, 0.15) is 5.69 Å². The molecule has 2 aromatic heterocycles. The van der Waals surface area contributed by atoms with Crippen LogP contribution in [0.5, 0.6) is 0 Å². The maximum absolute atomic E-state index is 5.78. The molecule has 96 valence electrons. The van der Waals surface area contributed by atoms with Crippen molar-refractivity contribution in [1.29, 1.82) is 0 Å². The number of nitrogen functional groups attached to an aromatic ring is 1. The lowest BCUT2D eigenvalue weighted by molar-refractivity contribution is 0.756. The van der Waals surface area contributed by atoms with Crippen LogP contribution >= 0.6 is 0 Å². The molecule has 1 aromatic carbocycles. The van der Waals surface area contributed by atoms with Gasteiger partial charge >= 0.3 is 0 Å². The Morgan fingerprint density at radius 2 is 2.05 bits per heavy atom. The van der Waals surface area contributed by atoms with Crippen LogP contribution in [0, 0.1) is 6.92 Å². The van der Waals surface area contributed by atoms with Crippen molar-refractivity contribution in [3.05, 3.63) is 42.4 Å². The second-order valence-corrected chi connectivity index (χ2v) is 4.56. The molecule has 5 nitrogen and oxygen atoms in total. The molecule has 0 atom stereocenters. The van der Waals surface area contributed by atoms with Crippen molar-refractivity contribution in [1.82, 2.24) is 14.8 Å². The molecular weight excluding hydrogens is 238 g/mol. The average Bonchev–Trinajstić information content (AvgIpc) is 2.68. The highest BCUT2D eigenvalue weighted by Gasteiger charge is 2.06. The summed E-state index contributed by atoms with van der Waals surface area (Å²) in [5.41, 5.74) is 10.3. The highest BCUT2D eigenvalue weighted by atomic mass is 15.3. The Hall–Kier alpha value is -2.56. The molecule has 0 unspecified atom stereocenters. The van der Waals surface area contributed by atoms with E-state index in [1.54, 1.807) is 10.9 Å². The fraction of sp³-hybridized carbons (Fsp3) is 0.143. The summed E-state index contributed by atoms with van der Waals surface area (Å²) in [6.45, 7) is 1.98. The van der Waals surface area contributed by atoms with E-state index >= 15 is 0 Å². The van der Waals surface area contributed by atoms with Crippen LogP contribution in [0.25, 0.3) is 10.9 Å². The normalized spacial score (nSPS) is 10.8. The SMILES string of the molecule is Cc1nn(C)cc1Nc1ccnc2cc(N)ccc12. The molecule has 0 aliphatic rings. The Labute approximate surface area is 111 Å². The van der Waals surface area contributed by atoms with E-state index in [9.17, 15) is 0 Å². The first kappa shape index (κ1) is 11.5. The molecule has 0 saturated carbocycles. The third kappa shape index (κ3) is 2.10. The zero-order valence-electron chi connectivity index (χ0n) is 10.9. The maximum Gasteiger partial charge on any atom is 0.0828 e. The third-order valence-corrected chi connectivity index (χ3v) is 3.05. The lowest BCUT2D eigenvalue weighted by atomic mass is 10.1. The predicted octanol–water partition coefficient (Wildman–Crippen LogP) is 2.60. The molecule has 0 aliphatic carbocycles. The van der Waals surface area contributed by atoms with Crippen molar-refractivity contribution in [2.75, 3.05) is 11.1 Å². The molecule has 3 N–H and O–H groups in total. The van der Waals surface area contributed by atoms with Gasteiger partial charge < -0.3 is 11.1 Å². The molecule has 0 spiro atoms. The molecule has 0 fully saturated rings. The molecule has 0 amide bonds. The van der Waals surface area contributed by atoms with Gasteiger partial charge in [-0.2, -0.15) is 5.10 Å². The molecule has 0 radical (unpaired) electrons. The Balaban J connectivity index is 2.08. The fourth-order valence-electron chi connectivity index (χ4n) is 2.14. The van der Waals surface area contributed by atoms with Crippen LogP contribution in [0.4, 0.5) is 17.1 Å². The van der Waals surface area contributed by atoms with E-state index in [0.717, 1.165) is 33.7 Å². The summed E-state index contributed by atoms with van der Waals surface area (Å²) < 4.78 is 1.79. The minimum absolute atomic E-state index is 0.717. The van der Waals surface area contributed by atoms with Gasteiger partial charge in [0, 0.05) is 36.2 Å². The number of benzene rings is 1. The second-order valence-electron chi connectivity index (χ2n) is 4.56. The summed E-state index contributed by atoms with van der Waals surface area (Å²) in [7, 11) is 1.91. The van der Waals surface area contributed by atoms with Crippen LogP contribution < -0.4 is 11.1 Å². The summed E-state index contributed by atoms with van der Waals surface area (Å²) in [6, 6.07) is 7.68.